The monoisotopic (exact) mass is 317 g/mol. The van der Waals surface area contributed by atoms with Gasteiger partial charge in [-0.3, -0.25) is 4.72 Å². The number of nitrogens with two attached hydrogens (primary N) is 1. The number of benzene rings is 1. The van der Waals surface area contributed by atoms with E-state index in [1.165, 1.54) is 0 Å². The fourth-order valence-corrected chi connectivity index (χ4v) is 2.39. The Bertz CT molecular complexity index is 559. The van der Waals surface area contributed by atoms with Gasteiger partial charge in [-0.05, 0) is 18.1 Å². The number of nitrogens with one attached hydrogen (secondary N) is 2. The first-order chi connectivity index (χ1) is 9.28. The maximum absolute atomic E-state index is 11.8. The van der Waals surface area contributed by atoms with Crippen molar-refractivity contribution < 1.29 is 13.2 Å². The predicted octanol–water partition coefficient (Wildman–Crippen LogP) is 1.25. The molecule has 0 atom stereocenters. The molecule has 0 aliphatic rings. The molecule has 1 aromatic rings. The lowest BCUT2D eigenvalue weighted by atomic mass is 10.2. The molecule has 20 heavy (non-hydrogen) atoms. The molecule has 0 fully saturated rings. The Balaban J connectivity index is 2.67. The zero-order valence-corrected chi connectivity index (χ0v) is 13.1. The molecule has 0 heterocycles. The van der Waals surface area contributed by atoms with Crippen molar-refractivity contribution in [1.82, 2.24) is 4.72 Å². The van der Waals surface area contributed by atoms with E-state index in [2.05, 4.69) is 9.44 Å². The molecule has 0 aliphatic heterocycles. The lowest BCUT2D eigenvalue weighted by molar-refractivity contribution is 0.378. The van der Waals surface area contributed by atoms with E-state index in [9.17, 15) is 8.42 Å². The molecular formula is C12H19N3O3S2. The van der Waals surface area contributed by atoms with Gasteiger partial charge in [0.25, 0.3) is 10.2 Å². The van der Waals surface area contributed by atoms with Crippen molar-refractivity contribution >= 4 is 33.1 Å². The quantitative estimate of drug-likeness (QED) is 0.628. The summed E-state index contributed by atoms with van der Waals surface area (Å²) >= 11 is 4.71. The van der Waals surface area contributed by atoms with Crippen LogP contribution in [0.3, 0.4) is 0 Å². The fourth-order valence-electron chi connectivity index (χ4n) is 1.27. The zero-order valence-electron chi connectivity index (χ0n) is 11.4. The third kappa shape index (κ3) is 6.69. The molecular weight excluding hydrogens is 298 g/mol. The first-order valence-corrected chi connectivity index (χ1v) is 7.96. The Morgan fingerprint density at radius 3 is 2.75 bits per heavy atom. The average Bonchev–Trinajstić information content (AvgIpc) is 2.34. The van der Waals surface area contributed by atoms with Crippen molar-refractivity contribution in [3.63, 3.8) is 0 Å². The summed E-state index contributed by atoms with van der Waals surface area (Å²) < 4.78 is 33.7. The van der Waals surface area contributed by atoms with Crippen LogP contribution in [-0.4, -0.2) is 26.6 Å². The third-order valence-corrected chi connectivity index (χ3v) is 3.32. The Labute approximate surface area is 124 Å². The number of hydrogen-bond donors (Lipinski definition) is 3. The first kappa shape index (κ1) is 16.7. The van der Waals surface area contributed by atoms with Crippen molar-refractivity contribution in [3.05, 3.63) is 24.3 Å². The van der Waals surface area contributed by atoms with E-state index in [4.69, 9.17) is 22.7 Å². The highest BCUT2D eigenvalue weighted by Gasteiger charge is 2.10. The second kappa shape index (κ2) is 7.41. The van der Waals surface area contributed by atoms with E-state index < -0.39 is 10.2 Å². The van der Waals surface area contributed by atoms with E-state index in [1.807, 2.05) is 13.8 Å². The lowest BCUT2D eigenvalue weighted by Crippen LogP contribution is -2.32. The molecule has 0 unspecified atom stereocenters. The van der Waals surface area contributed by atoms with E-state index in [-0.39, 0.29) is 17.5 Å². The second-order valence-corrected chi connectivity index (χ2v) is 6.65. The zero-order chi connectivity index (χ0) is 15.2. The second-order valence-electron chi connectivity index (χ2n) is 4.63. The lowest BCUT2D eigenvalue weighted by Gasteiger charge is -2.12. The van der Waals surface area contributed by atoms with Crippen LogP contribution in [0, 0.1) is 5.92 Å². The molecule has 0 spiro atoms. The number of ether oxygens (including phenoxy) is 1. The summed E-state index contributed by atoms with van der Waals surface area (Å²) in [5.41, 5.74) is 5.74. The van der Waals surface area contributed by atoms with E-state index >= 15 is 0 Å². The summed E-state index contributed by atoms with van der Waals surface area (Å²) in [4.78, 5) is 0.231. The highest BCUT2D eigenvalue weighted by atomic mass is 32.2. The molecule has 1 rings (SSSR count). The molecule has 112 valence electrons. The minimum Gasteiger partial charge on any atom is -0.486 e. The van der Waals surface area contributed by atoms with Crippen LogP contribution in [0.5, 0.6) is 5.75 Å². The highest BCUT2D eigenvalue weighted by Crippen LogP contribution is 2.18. The smallest absolute Gasteiger partial charge is 0.299 e. The van der Waals surface area contributed by atoms with Gasteiger partial charge in [0.15, 0.2) is 0 Å². The number of rotatable bonds is 8. The van der Waals surface area contributed by atoms with Gasteiger partial charge in [-0.15, -0.1) is 0 Å². The Morgan fingerprint density at radius 2 is 2.15 bits per heavy atom. The van der Waals surface area contributed by atoms with Crippen LogP contribution < -0.4 is 19.9 Å². The first-order valence-electron chi connectivity index (χ1n) is 6.07. The molecule has 6 nitrogen and oxygen atoms in total. The number of hydrogen-bond acceptors (Lipinski definition) is 4. The average molecular weight is 317 g/mol. The molecule has 4 N–H and O–H groups in total. The minimum absolute atomic E-state index is 0.108. The molecule has 0 radical (unpaired) electrons. The molecule has 1 aromatic carbocycles. The molecule has 0 aliphatic carbocycles. The maximum atomic E-state index is 11.8. The van der Waals surface area contributed by atoms with Crippen LogP contribution in [0.15, 0.2) is 24.3 Å². The third-order valence-electron chi connectivity index (χ3n) is 2.15. The van der Waals surface area contributed by atoms with Gasteiger partial charge in [0.2, 0.25) is 0 Å². The number of thiocarbonyl (C=S) groups is 1. The van der Waals surface area contributed by atoms with Crippen molar-refractivity contribution in [3.8, 4) is 5.75 Å². The Hall–Kier alpha value is -1.38. The van der Waals surface area contributed by atoms with Gasteiger partial charge in [0.1, 0.15) is 17.3 Å². The maximum Gasteiger partial charge on any atom is 0.299 e. The van der Waals surface area contributed by atoms with Gasteiger partial charge in [-0.2, -0.15) is 13.1 Å². The van der Waals surface area contributed by atoms with E-state index in [0.717, 1.165) is 0 Å². The van der Waals surface area contributed by atoms with Crippen molar-refractivity contribution in [1.29, 1.82) is 0 Å². The summed E-state index contributed by atoms with van der Waals surface area (Å²) in [7, 11) is -3.58. The van der Waals surface area contributed by atoms with Crippen LogP contribution in [0.25, 0.3) is 0 Å². The molecule has 0 aromatic heterocycles. The van der Waals surface area contributed by atoms with Gasteiger partial charge in [0, 0.05) is 12.6 Å². The van der Waals surface area contributed by atoms with Crippen molar-refractivity contribution in [2.45, 2.75) is 13.8 Å². The van der Waals surface area contributed by atoms with Crippen molar-refractivity contribution in [2.75, 3.05) is 17.9 Å². The van der Waals surface area contributed by atoms with Gasteiger partial charge in [-0.1, -0.05) is 32.1 Å². The number of anilines is 1. The van der Waals surface area contributed by atoms with E-state index in [0.29, 0.717) is 18.0 Å². The van der Waals surface area contributed by atoms with Crippen LogP contribution in [0.1, 0.15) is 13.8 Å². The highest BCUT2D eigenvalue weighted by molar-refractivity contribution is 7.90. The standard InChI is InChI=1S/C12H19N3O3S2/c1-9(2)7-14-20(16,17)15-10-4-3-5-11(6-10)18-8-12(13)19/h3-6,9,14-15H,7-8H2,1-2H3,(H2,13,19). The van der Waals surface area contributed by atoms with Crippen LogP contribution in [0.4, 0.5) is 5.69 Å². The normalized spacial score (nSPS) is 11.3. The summed E-state index contributed by atoms with van der Waals surface area (Å²) in [5.74, 6) is 0.716. The predicted molar refractivity (Wildman–Crippen MR) is 84.1 cm³/mol. The molecule has 0 bridgehead atoms. The summed E-state index contributed by atoms with van der Waals surface area (Å²) in [6.45, 7) is 4.32. The van der Waals surface area contributed by atoms with Gasteiger partial charge in [-0.25, -0.2) is 0 Å². The fraction of sp³-hybridized carbons (Fsp3) is 0.417. The molecule has 0 saturated heterocycles. The van der Waals surface area contributed by atoms with Crippen LogP contribution >= 0.6 is 12.2 Å². The Morgan fingerprint density at radius 1 is 1.45 bits per heavy atom. The van der Waals surface area contributed by atoms with Gasteiger partial charge < -0.3 is 10.5 Å². The molecule has 0 amide bonds. The van der Waals surface area contributed by atoms with Gasteiger partial charge in [0.05, 0.1) is 5.69 Å². The van der Waals surface area contributed by atoms with Gasteiger partial charge >= 0.3 is 0 Å². The van der Waals surface area contributed by atoms with Crippen molar-refractivity contribution in [2.24, 2.45) is 11.7 Å². The van der Waals surface area contributed by atoms with E-state index in [1.54, 1.807) is 24.3 Å². The SMILES string of the molecule is CC(C)CNS(=O)(=O)Nc1cccc(OCC(N)=S)c1. The van der Waals surface area contributed by atoms with Crippen LogP contribution in [-0.2, 0) is 10.2 Å². The summed E-state index contributed by atoms with van der Waals surface area (Å²) in [5, 5.41) is 0. The Kier molecular flexibility index (Phi) is 6.18. The summed E-state index contributed by atoms with van der Waals surface area (Å²) in [6, 6.07) is 6.56. The summed E-state index contributed by atoms with van der Waals surface area (Å²) in [6.07, 6.45) is 0. The largest absolute Gasteiger partial charge is 0.486 e. The van der Waals surface area contributed by atoms with Crippen LogP contribution in [0.2, 0.25) is 0 Å². The molecule has 8 heteroatoms. The topological polar surface area (TPSA) is 93.5 Å². The minimum atomic E-state index is -3.58. The molecule has 0 saturated carbocycles.